The summed E-state index contributed by atoms with van der Waals surface area (Å²) in [6.45, 7) is 3.06. The molecular formula is C5H10ClO4P. The van der Waals surface area contributed by atoms with Gasteiger partial charge in [0.25, 0.3) is 0 Å². The van der Waals surface area contributed by atoms with Gasteiger partial charge in [-0.05, 0) is 17.5 Å². The van der Waals surface area contributed by atoms with Gasteiger partial charge in [-0.15, -0.1) is 0 Å². The highest BCUT2D eigenvalue weighted by Gasteiger charge is 2.36. The van der Waals surface area contributed by atoms with E-state index < -0.39 is 24.4 Å². The van der Waals surface area contributed by atoms with Gasteiger partial charge in [0.1, 0.15) is 5.66 Å². The quantitative estimate of drug-likeness (QED) is 0.526. The normalized spacial score (nSPS) is 15.1. The van der Waals surface area contributed by atoms with E-state index in [0.29, 0.717) is 0 Å². The van der Waals surface area contributed by atoms with Crippen molar-refractivity contribution in [2.24, 2.45) is 5.92 Å². The van der Waals surface area contributed by atoms with Crippen LogP contribution in [-0.4, -0.2) is 20.7 Å². The van der Waals surface area contributed by atoms with Crippen molar-refractivity contribution < 1.29 is 19.1 Å². The van der Waals surface area contributed by atoms with E-state index in [1.54, 1.807) is 0 Å². The number of carbonyl (C=O) groups excluding carboxylic acids is 1. The number of hydrogen-bond donors (Lipinski definition) is 2. The minimum absolute atomic E-state index is 0.444. The molecule has 0 aromatic rings. The van der Waals surface area contributed by atoms with Crippen molar-refractivity contribution in [3.8, 4) is 0 Å². The van der Waals surface area contributed by atoms with Crippen LogP contribution in [0.15, 0.2) is 0 Å². The SMILES string of the molecule is CC(C)C(C(=O)Cl)P(=O)(O)O. The predicted octanol–water partition coefficient (Wildman–Crippen LogP) is 0.954. The minimum atomic E-state index is -4.37. The van der Waals surface area contributed by atoms with E-state index in [9.17, 15) is 9.36 Å². The van der Waals surface area contributed by atoms with Crippen LogP contribution in [0.25, 0.3) is 0 Å². The monoisotopic (exact) mass is 200 g/mol. The molecule has 0 aromatic carbocycles. The third kappa shape index (κ3) is 3.34. The highest BCUT2D eigenvalue weighted by atomic mass is 35.5. The lowest BCUT2D eigenvalue weighted by Gasteiger charge is -2.16. The van der Waals surface area contributed by atoms with Crippen molar-refractivity contribution in [1.82, 2.24) is 0 Å². The summed E-state index contributed by atoms with van der Waals surface area (Å²) in [6.07, 6.45) is 0. The summed E-state index contributed by atoms with van der Waals surface area (Å²) in [5.41, 5.74) is -1.37. The number of hydrogen-bond acceptors (Lipinski definition) is 2. The van der Waals surface area contributed by atoms with Crippen molar-refractivity contribution >= 4 is 24.4 Å². The first-order valence-corrected chi connectivity index (χ1v) is 5.07. The average molecular weight is 201 g/mol. The molecule has 2 N–H and O–H groups in total. The van der Waals surface area contributed by atoms with Crippen LogP contribution in [0.5, 0.6) is 0 Å². The molecule has 0 fully saturated rings. The molecule has 1 unspecified atom stereocenters. The molecule has 0 saturated carbocycles. The molecule has 0 amide bonds. The lowest BCUT2D eigenvalue weighted by molar-refractivity contribution is -0.112. The summed E-state index contributed by atoms with van der Waals surface area (Å²) in [4.78, 5) is 27.8. The Balaban J connectivity index is 4.63. The van der Waals surface area contributed by atoms with E-state index in [2.05, 4.69) is 0 Å². The smallest absolute Gasteiger partial charge is 0.324 e. The molecule has 0 rings (SSSR count). The molecule has 0 radical (unpaired) electrons. The second-order valence-electron chi connectivity index (χ2n) is 2.58. The number of carbonyl (C=O) groups is 1. The third-order valence-electron chi connectivity index (χ3n) is 1.23. The lowest BCUT2D eigenvalue weighted by Crippen LogP contribution is -2.22. The first-order valence-electron chi connectivity index (χ1n) is 3.01. The molecule has 66 valence electrons. The summed E-state index contributed by atoms with van der Waals surface area (Å²) in [5, 5.41) is -0.978. The van der Waals surface area contributed by atoms with Crippen LogP contribution in [-0.2, 0) is 9.36 Å². The predicted molar refractivity (Wildman–Crippen MR) is 41.5 cm³/mol. The fraction of sp³-hybridized carbons (Fsp3) is 0.800. The zero-order valence-corrected chi connectivity index (χ0v) is 7.84. The first kappa shape index (κ1) is 11.1. The van der Waals surface area contributed by atoms with Crippen molar-refractivity contribution in [3.63, 3.8) is 0 Å². The molecule has 6 heteroatoms. The van der Waals surface area contributed by atoms with Crippen molar-refractivity contribution in [1.29, 1.82) is 0 Å². The molecule has 0 bridgehead atoms. The number of halogens is 1. The van der Waals surface area contributed by atoms with E-state index in [1.807, 2.05) is 0 Å². The topological polar surface area (TPSA) is 74.6 Å². The van der Waals surface area contributed by atoms with Crippen LogP contribution in [0.3, 0.4) is 0 Å². The van der Waals surface area contributed by atoms with Gasteiger partial charge in [-0.25, -0.2) is 0 Å². The van der Waals surface area contributed by atoms with E-state index in [1.165, 1.54) is 13.8 Å². The maximum Gasteiger partial charge on any atom is 0.337 e. The second-order valence-corrected chi connectivity index (χ2v) is 4.69. The summed E-state index contributed by atoms with van der Waals surface area (Å²) >= 11 is 4.99. The van der Waals surface area contributed by atoms with Crippen LogP contribution < -0.4 is 0 Å². The average Bonchev–Trinajstić information content (AvgIpc) is 1.54. The Kier molecular flexibility index (Phi) is 3.71. The van der Waals surface area contributed by atoms with Crippen LogP contribution in [0.1, 0.15) is 13.8 Å². The molecule has 0 saturated heterocycles. The van der Waals surface area contributed by atoms with Gasteiger partial charge in [-0.1, -0.05) is 13.8 Å². The zero-order valence-electron chi connectivity index (χ0n) is 6.19. The molecule has 0 spiro atoms. The maximum absolute atomic E-state index is 10.6. The fourth-order valence-electron chi connectivity index (χ4n) is 0.783. The molecule has 1 atom stereocenters. The van der Waals surface area contributed by atoms with Crippen LogP contribution in [0.4, 0.5) is 0 Å². The van der Waals surface area contributed by atoms with Crippen LogP contribution in [0, 0.1) is 5.92 Å². The lowest BCUT2D eigenvalue weighted by atomic mass is 10.1. The van der Waals surface area contributed by atoms with E-state index in [0.717, 1.165) is 0 Å². The third-order valence-corrected chi connectivity index (χ3v) is 3.17. The summed E-state index contributed by atoms with van der Waals surface area (Å²) in [5.74, 6) is -0.444. The summed E-state index contributed by atoms with van der Waals surface area (Å²) < 4.78 is 10.6. The molecule has 0 aliphatic heterocycles. The van der Waals surface area contributed by atoms with Gasteiger partial charge in [0, 0.05) is 0 Å². The highest BCUT2D eigenvalue weighted by Crippen LogP contribution is 2.45. The van der Waals surface area contributed by atoms with Crippen LogP contribution >= 0.6 is 19.2 Å². The molecule has 0 heterocycles. The Morgan fingerprint density at radius 3 is 1.82 bits per heavy atom. The standard InChI is InChI=1S/C5H10ClO4P/c1-3(2)4(5(6)7)11(8,9)10/h3-4H,1-2H3,(H2,8,9,10). The second kappa shape index (κ2) is 3.68. The van der Waals surface area contributed by atoms with E-state index in [-0.39, 0.29) is 0 Å². The Morgan fingerprint density at radius 1 is 1.45 bits per heavy atom. The van der Waals surface area contributed by atoms with Gasteiger partial charge in [0.15, 0.2) is 0 Å². The van der Waals surface area contributed by atoms with Gasteiger partial charge < -0.3 is 9.79 Å². The summed E-state index contributed by atoms with van der Waals surface area (Å²) in [6, 6.07) is 0. The molecule has 0 aliphatic rings. The number of rotatable bonds is 3. The molecule has 11 heavy (non-hydrogen) atoms. The van der Waals surface area contributed by atoms with Gasteiger partial charge >= 0.3 is 7.60 Å². The van der Waals surface area contributed by atoms with Gasteiger partial charge in [-0.2, -0.15) is 0 Å². The van der Waals surface area contributed by atoms with Gasteiger partial charge in [-0.3, -0.25) is 9.36 Å². The first-order chi connectivity index (χ1) is 4.76. The Morgan fingerprint density at radius 2 is 1.82 bits per heavy atom. The van der Waals surface area contributed by atoms with Crippen molar-refractivity contribution in [2.75, 3.05) is 0 Å². The van der Waals surface area contributed by atoms with E-state index >= 15 is 0 Å². The van der Waals surface area contributed by atoms with E-state index in [4.69, 9.17) is 21.4 Å². The largest absolute Gasteiger partial charge is 0.337 e. The van der Waals surface area contributed by atoms with Gasteiger partial charge in [0.05, 0.1) is 0 Å². The molecule has 0 aromatic heterocycles. The highest BCUT2D eigenvalue weighted by molar-refractivity contribution is 7.54. The molecular weight excluding hydrogens is 190 g/mol. The maximum atomic E-state index is 10.6. The molecule has 4 nitrogen and oxygen atoms in total. The summed E-state index contributed by atoms with van der Waals surface area (Å²) in [7, 11) is -4.37. The van der Waals surface area contributed by atoms with Gasteiger partial charge in [0.2, 0.25) is 5.24 Å². The zero-order chi connectivity index (χ0) is 9.23. The molecule has 0 aliphatic carbocycles. The Bertz CT molecular complexity index is 197. The van der Waals surface area contributed by atoms with Crippen LogP contribution in [0.2, 0.25) is 0 Å². The van der Waals surface area contributed by atoms with Crippen molar-refractivity contribution in [2.45, 2.75) is 19.5 Å². The Hall–Kier alpha value is 0.110. The van der Waals surface area contributed by atoms with Crippen molar-refractivity contribution in [3.05, 3.63) is 0 Å². The fourth-order valence-corrected chi connectivity index (χ4v) is 2.46. The minimum Gasteiger partial charge on any atom is -0.324 e. The Labute approximate surface area is 69.7 Å².